The van der Waals surface area contributed by atoms with Crippen molar-refractivity contribution >= 4 is 24.8 Å². The van der Waals surface area contributed by atoms with E-state index in [1.165, 1.54) is 82.2 Å². The molecule has 5 rings (SSSR count). The second kappa shape index (κ2) is 13.4. The second-order valence-corrected chi connectivity index (χ2v) is 13.6. The average Bonchev–Trinajstić information content (AvgIpc) is 3.49. The van der Waals surface area contributed by atoms with Gasteiger partial charge in [0, 0.05) is 0 Å². The molecule has 1 saturated carbocycles. The number of allylic oxidation sites excluding steroid dienone is 4. The predicted octanol–water partition coefficient (Wildman–Crippen LogP) is 2.90. The molecule has 3 aromatic carbocycles. The fourth-order valence-corrected chi connectivity index (χ4v) is 5.34. The van der Waals surface area contributed by atoms with Gasteiger partial charge in [0.2, 0.25) is 0 Å². The van der Waals surface area contributed by atoms with E-state index in [9.17, 15) is 0 Å². The SMILES string of the molecule is CC(C)(C)c1ccc2[cH-]c3ccc(C(C)(C)C)cc3c2c1.[C-]1=CC=CC1.[Cl-].[Cl-].[Hf+2]=[C]1CCCC1. The summed E-state index contributed by atoms with van der Waals surface area (Å²) in [6, 6.07) is 16.1. The Labute approximate surface area is 234 Å². The molecule has 0 heterocycles. The van der Waals surface area contributed by atoms with Crippen LogP contribution in [0.1, 0.15) is 84.8 Å². The van der Waals surface area contributed by atoms with E-state index < -0.39 is 0 Å². The van der Waals surface area contributed by atoms with E-state index >= 15 is 0 Å². The minimum atomic E-state index is 0. The third-order valence-electron chi connectivity index (χ3n) is 6.23. The number of benzene rings is 2. The molecular formula is C31H38Cl2Hf-2. The van der Waals surface area contributed by atoms with Crippen LogP contribution >= 0.6 is 0 Å². The van der Waals surface area contributed by atoms with Gasteiger partial charge in [-0.2, -0.15) is 6.08 Å². The third kappa shape index (κ3) is 8.65. The van der Waals surface area contributed by atoms with Gasteiger partial charge >= 0.3 is 52.8 Å². The van der Waals surface area contributed by atoms with Gasteiger partial charge in [0.1, 0.15) is 0 Å². The number of rotatable bonds is 0. The molecule has 3 aromatic rings. The summed E-state index contributed by atoms with van der Waals surface area (Å²) in [6.07, 6.45) is 15.9. The molecule has 0 amide bonds. The average molecular weight is 660 g/mol. The Bertz CT molecular complexity index is 1050. The number of halogens is 2. The van der Waals surface area contributed by atoms with E-state index in [0.717, 1.165) is 6.42 Å². The van der Waals surface area contributed by atoms with Crippen molar-refractivity contribution in [2.45, 2.75) is 84.5 Å². The molecule has 0 saturated heterocycles. The molecule has 0 aliphatic heterocycles. The van der Waals surface area contributed by atoms with Gasteiger partial charge < -0.3 is 24.8 Å². The monoisotopic (exact) mass is 660 g/mol. The maximum atomic E-state index is 2.99. The summed E-state index contributed by atoms with van der Waals surface area (Å²) in [6.45, 7) is 13.7. The molecular weight excluding hydrogens is 622 g/mol. The zero-order chi connectivity index (χ0) is 23.4. The molecule has 0 nitrogen and oxygen atoms in total. The molecule has 0 aromatic heterocycles. The van der Waals surface area contributed by atoms with E-state index in [0.29, 0.717) is 0 Å². The topological polar surface area (TPSA) is 0 Å². The summed E-state index contributed by atoms with van der Waals surface area (Å²) < 4.78 is 1.84. The van der Waals surface area contributed by atoms with Crippen LogP contribution in [0.5, 0.6) is 0 Å². The van der Waals surface area contributed by atoms with Gasteiger partial charge in [-0.25, -0.2) is 12.2 Å². The van der Waals surface area contributed by atoms with E-state index in [4.69, 9.17) is 0 Å². The summed E-state index contributed by atoms with van der Waals surface area (Å²) >= 11 is 1.37. The van der Waals surface area contributed by atoms with Crippen molar-refractivity contribution in [2.24, 2.45) is 0 Å². The van der Waals surface area contributed by atoms with Crippen LogP contribution in [0.25, 0.3) is 21.5 Å². The second-order valence-electron chi connectivity index (χ2n) is 11.1. The molecule has 0 bridgehead atoms. The zero-order valence-electron chi connectivity index (χ0n) is 21.6. The Morgan fingerprint density at radius 2 is 1.24 bits per heavy atom. The third-order valence-corrected chi connectivity index (χ3v) is 8.03. The standard InChI is InChI=1S/C21H25.C5H8.C5H5.2ClH.Hf/c1-20(2,3)16-9-7-14-11-15-8-10-17(21(4,5)6)13-19(15)18(14)12-16;2*1-2-4-5-3-1;;;/h7-13H,1-6H3;1-4H2;1-3H,4H2;2*1H;/q-1;;-1;;;+2/p-2. The van der Waals surface area contributed by atoms with Crippen LogP contribution in [0, 0.1) is 6.08 Å². The van der Waals surface area contributed by atoms with Gasteiger partial charge in [-0.05, 0) is 10.8 Å². The number of hydrogen-bond acceptors (Lipinski definition) is 0. The van der Waals surface area contributed by atoms with Crippen LogP contribution in [0.3, 0.4) is 0 Å². The molecule has 2 aliphatic rings. The molecule has 1 fully saturated rings. The Morgan fingerprint density at radius 1 is 0.765 bits per heavy atom. The van der Waals surface area contributed by atoms with Crippen LogP contribution in [-0.4, -0.2) is 3.26 Å². The molecule has 0 radical (unpaired) electrons. The molecule has 0 spiro atoms. The maximum absolute atomic E-state index is 2.99. The first-order valence-electron chi connectivity index (χ1n) is 12.0. The number of hydrogen-bond donors (Lipinski definition) is 0. The molecule has 0 atom stereocenters. The summed E-state index contributed by atoms with van der Waals surface area (Å²) in [5, 5.41) is 5.49. The van der Waals surface area contributed by atoms with Crippen molar-refractivity contribution in [1.82, 2.24) is 0 Å². The van der Waals surface area contributed by atoms with Crippen LogP contribution in [0.2, 0.25) is 0 Å². The molecule has 0 unspecified atom stereocenters. The molecule has 3 heteroatoms. The number of fused-ring (bicyclic) bond motifs is 3. The van der Waals surface area contributed by atoms with Crippen molar-refractivity contribution in [3.05, 3.63) is 77.9 Å². The predicted molar refractivity (Wildman–Crippen MR) is 139 cm³/mol. The van der Waals surface area contributed by atoms with Gasteiger partial charge in [-0.1, -0.05) is 76.9 Å². The van der Waals surface area contributed by atoms with Crippen LogP contribution in [-0.2, 0) is 34.7 Å². The van der Waals surface area contributed by atoms with Gasteiger partial charge in [0.05, 0.1) is 0 Å². The quantitative estimate of drug-likeness (QED) is 0.258. The first-order valence-corrected chi connectivity index (χ1v) is 13.8. The van der Waals surface area contributed by atoms with Gasteiger partial charge in [0.25, 0.3) is 0 Å². The van der Waals surface area contributed by atoms with E-state index in [1.807, 2.05) is 15.4 Å². The van der Waals surface area contributed by atoms with E-state index in [2.05, 4.69) is 96.2 Å². The van der Waals surface area contributed by atoms with E-state index in [1.54, 1.807) is 0 Å². The summed E-state index contributed by atoms with van der Waals surface area (Å²) in [5.41, 5.74) is 3.20. The normalized spacial score (nSPS) is 14.8. The molecule has 0 N–H and O–H groups in total. The Balaban J connectivity index is 0.000000367. The first kappa shape index (κ1) is 31.1. The van der Waals surface area contributed by atoms with Crippen molar-refractivity contribution in [3.63, 3.8) is 0 Å². The van der Waals surface area contributed by atoms with Crippen molar-refractivity contribution in [1.29, 1.82) is 0 Å². The molecule has 34 heavy (non-hydrogen) atoms. The molecule has 2 aliphatic carbocycles. The van der Waals surface area contributed by atoms with Gasteiger partial charge in [-0.3, -0.25) is 6.08 Å². The first-order chi connectivity index (χ1) is 15.1. The van der Waals surface area contributed by atoms with Crippen molar-refractivity contribution < 1.29 is 48.7 Å². The van der Waals surface area contributed by atoms with Gasteiger partial charge in [0.15, 0.2) is 0 Å². The Hall–Kier alpha value is -0.890. The van der Waals surface area contributed by atoms with Crippen molar-refractivity contribution in [3.8, 4) is 0 Å². The Morgan fingerprint density at radius 3 is 1.50 bits per heavy atom. The Kier molecular flexibility index (Phi) is 12.3. The molecule has 182 valence electrons. The van der Waals surface area contributed by atoms with Crippen LogP contribution in [0.15, 0.2) is 60.7 Å². The van der Waals surface area contributed by atoms with Crippen molar-refractivity contribution in [2.75, 3.05) is 0 Å². The zero-order valence-corrected chi connectivity index (χ0v) is 26.7. The van der Waals surface area contributed by atoms with E-state index in [-0.39, 0.29) is 35.6 Å². The van der Waals surface area contributed by atoms with Crippen LogP contribution in [0.4, 0.5) is 0 Å². The fraction of sp³-hybridized carbons (Fsp3) is 0.419. The summed E-state index contributed by atoms with van der Waals surface area (Å²) in [5.74, 6) is 0. The summed E-state index contributed by atoms with van der Waals surface area (Å²) in [4.78, 5) is 0. The van der Waals surface area contributed by atoms with Gasteiger partial charge in [-0.15, -0.1) is 46.2 Å². The summed E-state index contributed by atoms with van der Waals surface area (Å²) in [7, 11) is 0. The minimum absolute atomic E-state index is 0. The fourth-order valence-electron chi connectivity index (χ4n) is 4.07. The van der Waals surface area contributed by atoms with Crippen LogP contribution < -0.4 is 24.8 Å².